The second kappa shape index (κ2) is 4.25. The average Bonchev–Trinajstić information content (AvgIpc) is 3.14. The highest BCUT2D eigenvalue weighted by molar-refractivity contribution is 5.82. The van der Waals surface area contributed by atoms with Crippen LogP contribution in [-0.2, 0) is 9.53 Å². The summed E-state index contributed by atoms with van der Waals surface area (Å²) in [5, 5.41) is 3.61. The monoisotopic (exact) mass is 238 g/mol. The third-order valence-corrected chi connectivity index (χ3v) is 4.44. The van der Waals surface area contributed by atoms with Gasteiger partial charge in [0.15, 0.2) is 0 Å². The van der Waals surface area contributed by atoms with E-state index in [0.29, 0.717) is 18.6 Å². The van der Waals surface area contributed by atoms with E-state index in [4.69, 9.17) is 4.74 Å². The van der Waals surface area contributed by atoms with Gasteiger partial charge in [0.25, 0.3) is 0 Å². The highest BCUT2D eigenvalue weighted by atomic mass is 16.5. The highest BCUT2D eigenvalue weighted by Gasteiger charge is 2.54. The van der Waals surface area contributed by atoms with E-state index in [2.05, 4.69) is 10.2 Å². The van der Waals surface area contributed by atoms with Crippen molar-refractivity contribution in [2.45, 2.75) is 44.2 Å². The fourth-order valence-electron chi connectivity index (χ4n) is 3.37. The molecule has 3 heterocycles. The molecule has 4 rings (SSSR count). The minimum Gasteiger partial charge on any atom is -0.465 e. The van der Waals surface area contributed by atoms with Gasteiger partial charge < -0.3 is 9.64 Å². The zero-order valence-electron chi connectivity index (χ0n) is 10.6. The molecule has 0 aromatic carbocycles. The van der Waals surface area contributed by atoms with Crippen LogP contribution in [0.25, 0.3) is 0 Å². The van der Waals surface area contributed by atoms with E-state index in [9.17, 15) is 4.79 Å². The molecule has 0 aromatic heterocycles. The number of carbonyl (C=O) groups excluding carboxylic acids is 1. The van der Waals surface area contributed by atoms with Gasteiger partial charge in [-0.2, -0.15) is 0 Å². The molecule has 4 aliphatic rings. The lowest BCUT2D eigenvalue weighted by molar-refractivity contribution is -0.160. The standard InChI is InChI=1S/C13H22N2O2/c1-2-17-12(16)13(14-11-3-4-11)9-15-7-5-10(13)6-8-15/h10-11,14H,2-9H2,1H3. The summed E-state index contributed by atoms with van der Waals surface area (Å²) in [6.07, 6.45) is 4.71. The fourth-order valence-corrected chi connectivity index (χ4v) is 3.37. The van der Waals surface area contributed by atoms with E-state index in [1.54, 1.807) is 0 Å². The molecular formula is C13H22N2O2. The van der Waals surface area contributed by atoms with Crippen molar-refractivity contribution in [3.8, 4) is 0 Å². The molecule has 0 amide bonds. The lowest BCUT2D eigenvalue weighted by Gasteiger charge is -2.51. The molecule has 1 saturated carbocycles. The van der Waals surface area contributed by atoms with Gasteiger partial charge in [-0.15, -0.1) is 0 Å². The van der Waals surface area contributed by atoms with E-state index in [-0.39, 0.29) is 5.97 Å². The van der Waals surface area contributed by atoms with E-state index >= 15 is 0 Å². The van der Waals surface area contributed by atoms with Gasteiger partial charge >= 0.3 is 5.97 Å². The third kappa shape index (κ3) is 1.97. The second-order valence-corrected chi connectivity index (χ2v) is 5.66. The number of esters is 1. The minimum atomic E-state index is -0.395. The van der Waals surface area contributed by atoms with Crippen LogP contribution in [0.1, 0.15) is 32.6 Å². The first-order chi connectivity index (χ1) is 8.24. The minimum absolute atomic E-state index is 0.0127. The fraction of sp³-hybridized carbons (Fsp3) is 0.923. The van der Waals surface area contributed by atoms with Crippen molar-refractivity contribution in [3.63, 3.8) is 0 Å². The Kier molecular flexibility index (Phi) is 2.87. The van der Waals surface area contributed by atoms with Gasteiger partial charge in [-0.05, 0) is 51.6 Å². The van der Waals surface area contributed by atoms with E-state index < -0.39 is 5.54 Å². The quantitative estimate of drug-likeness (QED) is 0.734. The van der Waals surface area contributed by atoms with Crippen molar-refractivity contribution in [2.24, 2.45) is 5.92 Å². The normalized spacial score (nSPS) is 40.3. The molecule has 0 radical (unpaired) electrons. The molecule has 1 atom stereocenters. The smallest absolute Gasteiger partial charge is 0.327 e. The third-order valence-electron chi connectivity index (χ3n) is 4.44. The highest BCUT2D eigenvalue weighted by Crippen LogP contribution is 2.39. The lowest BCUT2D eigenvalue weighted by atomic mass is 9.72. The molecule has 3 aliphatic heterocycles. The van der Waals surface area contributed by atoms with Gasteiger partial charge in [-0.25, -0.2) is 4.79 Å². The Morgan fingerprint density at radius 1 is 1.35 bits per heavy atom. The van der Waals surface area contributed by atoms with Crippen molar-refractivity contribution in [1.29, 1.82) is 0 Å². The maximum Gasteiger partial charge on any atom is 0.327 e. The van der Waals surface area contributed by atoms with Gasteiger partial charge in [0.05, 0.1) is 6.61 Å². The molecule has 0 aromatic rings. The van der Waals surface area contributed by atoms with Crippen LogP contribution in [-0.4, -0.2) is 48.7 Å². The van der Waals surface area contributed by atoms with Crippen LogP contribution in [0.15, 0.2) is 0 Å². The molecule has 4 heteroatoms. The van der Waals surface area contributed by atoms with E-state index in [1.807, 2.05) is 6.92 Å². The van der Waals surface area contributed by atoms with Crippen LogP contribution in [0.3, 0.4) is 0 Å². The largest absolute Gasteiger partial charge is 0.465 e. The lowest BCUT2D eigenvalue weighted by Crippen LogP contribution is -2.70. The van der Waals surface area contributed by atoms with Crippen LogP contribution >= 0.6 is 0 Å². The van der Waals surface area contributed by atoms with Crippen LogP contribution in [0.5, 0.6) is 0 Å². The van der Waals surface area contributed by atoms with Crippen LogP contribution < -0.4 is 5.32 Å². The summed E-state index contributed by atoms with van der Waals surface area (Å²) in [6, 6.07) is 0.556. The maximum absolute atomic E-state index is 12.4. The van der Waals surface area contributed by atoms with E-state index in [1.165, 1.54) is 12.8 Å². The Bertz CT molecular complexity index is 305. The molecule has 3 saturated heterocycles. The van der Waals surface area contributed by atoms with Crippen molar-refractivity contribution >= 4 is 5.97 Å². The Morgan fingerprint density at radius 3 is 2.53 bits per heavy atom. The van der Waals surface area contributed by atoms with Crippen molar-refractivity contribution < 1.29 is 9.53 Å². The molecule has 1 unspecified atom stereocenters. The Labute approximate surface area is 103 Å². The first-order valence-electron chi connectivity index (χ1n) is 6.92. The second-order valence-electron chi connectivity index (χ2n) is 5.66. The first-order valence-corrected chi connectivity index (χ1v) is 6.92. The predicted octanol–water partition coefficient (Wildman–Crippen LogP) is 0.766. The number of hydrogen-bond donors (Lipinski definition) is 1. The summed E-state index contributed by atoms with van der Waals surface area (Å²) in [5.41, 5.74) is -0.395. The summed E-state index contributed by atoms with van der Waals surface area (Å²) in [7, 11) is 0. The number of nitrogens with one attached hydrogen (secondary N) is 1. The van der Waals surface area contributed by atoms with Crippen molar-refractivity contribution in [3.05, 3.63) is 0 Å². The molecule has 2 bridgehead atoms. The Morgan fingerprint density at radius 2 is 2.06 bits per heavy atom. The summed E-state index contributed by atoms with van der Waals surface area (Å²) in [4.78, 5) is 14.8. The zero-order chi connectivity index (χ0) is 11.9. The molecule has 0 spiro atoms. The number of fused-ring (bicyclic) bond motifs is 3. The molecule has 4 fully saturated rings. The van der Waals surface area contributed by atoms with Crippen LogP contribution in [0.4, 0.5) is 0 Å². The van der Waals surface area contributed by atoms with Gasteiger partial charge in [0, 0.05) is 12.6 Å². The molecular weight excluding hydrogens is 216 g/mol. The summed E-state index contributed by atoms with van der Waals surface area (Å²) in [5.74, 6) is 0.466. The summed E-state index contributed by atoms with van der Waals surface area (Å²) < 4.78 is 5.34. The number of ether oxygens (including phenoxy) is 1. The van der Waals surface area contributed by atoms with Crippen molar-refractivity contribution in [1.82, 2.24) is 10.2 Å². The molecule has 4 nitrogen and oxygen atoms in total. The molecule has 17 heavy (non-hydrogen) atoms. The number of piperidine rings is 3. The van der Waals surface area contributed by atoms with Gasteiger partial charge in [0.1, 0.15) is 5.54 Å². The zero-order valence-corrected chi connectivity index (χ0v) is 10.6. The number of nitrogens with zero attached hydrogens (tertiary/aromatic N) is 1. The maximum atomic E-state index is 12.4. The number of rotatable bonds is 4. The molecule has 1 aliphatic carbocycles. The van der Waals surface area contributed by atoms with E-state index in [0.717, 1.165) is 32.5 Å². The van der Waals surface area contributed by atoms with Gasteiger partial charge in [-0.1, -0.05) is 0 Å². The predicted molar refractivity (Wildman–Crippen MR) is 64.7 cm³/mol. The number of hydrogen-bond acceptors (Lipinski definition) is 4. The Balaban J connectivity index is 1.81. The summed E-state index contributed by atoms with van der Waals surface area (Å²) >= 11 is 0. The van der Waals surface area contributed by atoms with Crippen LogP contribution in [0.2, 0.25) is 0 Å². The molecule has 96 valence electrons. The SMILES string of the molecule is CCOC(=O)C1(NC2CC2)CN2CCC1CC2. The first kappa shape index (κ1) is 11.5. The van der Waals surface area contributed by atoms with Crippen molar-refractivity contribution in [2.75, 3.05) is 26.2 Å². The Hall–Kier alpha value is -0.610. The molecule has 1 N–H and O–H groups in total. The van der Waals surface area contributed by atoms with Gasteiger partial charge in [-0.3, -0.25) is 5.32 Å². The summed E-state index contributed by atoms with van der Waals surface area (Å²) in [6.45, 7) is 5.53. The topological polar surface area (TPSA) is 41.6 Å². The van der Waals surface area contributed by atoms with Crippen LogP contribution in [0, 0.1) is 5.92 Å². The van der Waals surface area contributed by atoms with Gasteiger partial charge in [0.2, 0.25) is 0 Å². The average molecular weight is 238 g/mol. The number of carbonyl (C=O) groups is 1.